The highest BCUT2D eigenvalue weighted by atomic mass is 32.1. The second kappa shape index (κ2) is 12.2. The summed E-state index contributed by atoms with van der Waals surface area (Å²) in [7, 11) is 0. The Morgan fingerprint density at radius 1 is 1.22 bits per heavy atom. The number of carboxylic acids is 1. The van der Waals surface area contributed by atoms with Gasteiger partial charge in [-0.25, -0.2) is 22.9 Å². The number of hydrogen-bond acceptors (Lipinski definition) is 5. The third-order valence-electron chi connectivity index (χ3n) is 4.78. The van der Waals surface area contributed by atoms with Crippen LogP contribution in [-0.4, -0.2) is 35.2 Å². The van der Waals surface area contributed by atoms with E-state index in [1.807, 2.05) is 6.92 Å². The van der Waals surface area contributed by atoms with Crippen LogP contribution in [0.2, 0.25) is 0 Å². The van der Waals surface area contributed by atoms with Gasteiger partial charge in [0.05, 0.1) is 11.3 Å². The summed E-state index contributed by atoms with van der Waals surface area (Å²) < 4.78 is 48.9. The lowest BCUT2D eigenvalue weighted by Crippen LogP contribution is -2.13. The number of aromatic nitrogens is 1. The predicted octanol–water partition coefficient (Wildman–Crippen LogP) is 5.75. The molecule has 186 valence electrons. The molecule has 6 nitrogen and oxygen atoms in total. The fraction of sp³-hybridized carbons (Fsp3) is 0.192. The van der Waals surface area contributed by atoms with Gasteiger partial charge in [-0.3, -0.25) is 10.1 Å². The molecule has 3 aromatic rings. The molecular weight excluding hydrogens is 493 g/mol. The van der Waals surface area contributed by atoms with Crippen molar-refractivity contribution >= 4 is 34.4 Å². The number of carbonyl (C=O) groups is 2. The Morgan fingerprint density at radius 2 is 1.94 bits per heavy atom. The summed E-state index contributed by atoms with van der Waals surface area (Å²) in [5.41, 5.74) is -0.577. The van der Waals surface area contributed by atoms with Crippen molar-refractivity contribution in [3.63, 3.8) is 0 Å². The molecule has 0 saturated heterocycles. The molecule has 10 heteroatoms. The van der Waals surface area contributed by atoms with Crippen LogP contribution in [0.3, 0.4) is 0 Å². The highest BCUT2D eigenvalue weighted by Crippen LogP contribution is 2.29. The van der Waals surface area contributed by atoms with E-state index in [1.165, 1.54) is 24.4 Å². The summed E-state index contributed by atoms with van der Waals surface area (Å²) >= 11 is 1.00. The summed E-state index contributed by atoms with van der Waals surface area (Å²) in [6, 6.07) is 6.26. The zero-order valence-corrected chi connectivity index (χ0v) is 20.1. The normalized spacial score (nSPS) is 11.1. The molecule has 0 saturated carbocycles. The van der Waals surface area contributed by atoms with Crippen molar-refractivity contribution in [3.8, 4) is 23.1 Å². The number of aliphatic carboxylic acids is 1. The molecule has 0 bridgehead atoms. The van der Waals surface area contributed by atoms with Crippen molar-refractivity contribution in [2.75, 3.05) is 18.5 Å². The van der Waals surface area contributed by atoms with Crippen LogP contribution in [-0.2, 0) is 9.53 Å². The Morgan fingerprint density at radius 3 is 2.61 bits per heavy atom. The van der Waals surface area contributed by atoms with E-state index in [1.54, 1.807) is 6.07 Å². The minimum atomic E-state index is -1.33. The number of ether oxygens (including phenoxy) is 1. The van der Waals surface area contributed by atoms with E-state index in [0.717, 1.165) is 36.0 Å². The number of anilines is 1. The van der Waals surface area contributed by atoms with Crippen molar-refractivity contribution < 1.29 is 32.6 Å². The van der Waals surface area contributed by atoms with Crippen LogP contribution in [0.15, 0.2) is 41.3 Å². The Balaban J connectivity index is 1.77. The first-order valence-corrected chi connectivity index (χ1v) is 11.6. The third-order valence-corrected chi connectivity index (χ3v) is 5.54. The number of benzene rings is 2. The Hall–Kier alpha value is -3.94. The van der Waals surface area contributed by atoms with Gasteiger partial charge in [-0.05, 0) is 43.7 Å². The van der Waals surface area contributed by atoms with E-state index in [-0.39, 0.29) is 39.7 Å². The highest BCUT2D eigenvalue weighted by Gasteiger charge is 2.18. The lowest BCUT2D eigenvalue weighted by molar-refractivity contribution is -0.132. The number of rotatable bonds is 8. The van der Waals surface area contributed by atoms with Crippen molar-refractivity contribution in [3.05, 3.63) is 75.4 Å². The van der Waals surface area contributed by atoms with Gasteiger partial charge in [0.2, 0.25) is 0 Å². The van der Waals surface area contributed by atoms with Gasteiger partial charge in [0.1, 0.15) is 24.1 Å². The molecule has 0 aliphatic heterocycles. The van der Waals surface area contributed by atoms with Gasteiger partial charge in [-0.2, -0.15) is 0 Å². The van der Waals surface area contributed by atoms with E-state index >= 15 is 0 Å². The van der Waals surface area contributed by atoms with Gasteiger partial charge >= 0.3 is 5.97 Å². The molecule has 0 fully saturated rings. The Labute approximate surface area is 209 Å². The lowest BCUT2D eigenvalue weighted by Gasteiger charge is -2.06. The van der Waals surface area contributed by atoms with Crippen molar-refractivity contribution in [1.29, 1.82) is 0 Å². The zero-order chi connectivity index (χ0) is 26.2. The second-order valence-electron chi connectivity index (χ2n) is 7.50. The molecule has 0 atom stereocenters. The first kappa shape index (κ1) is 26.7. The number of hydrogen-bond donors (Lipinski definition) is 2. The molecule has 0 aliphatic carbocycles. The standard InChI is InChI=1S/C26H21F3N2O4S/c1-3-9-35-10-5-7-16-6-4-8-18(23(16)29)22-14-36-26(30-22)31-24(32)17-12-20(27)19(21(28)13-17)11-15(2)25(33)34/h4,6,8,11-14H,3,9-10H2,1-2H3,(H,33,34)(H,30,31,32)/b15-11+. The van der Waals surface area contributed by atoms with Gasteiger partial charge in [-0.15, -0.1) is 11.3 Å². The van der Waals surface area contributed by atoms with Crippen molar-refractivity contribution in [1.82, 2.24) is 4.98 Å². The average Bonchev–Trinajstić information content (AvgIpc) is 3.29. The molecule has 1 heterocycles. The van der Waals surface area contributed by atoms with Crippen LogP contribution in [0.1, 0.15) is 41.8 Å². The molecule has 36 heavy (non-hydrogen) atoms. The van der Waals surface area contributed by atoms with E-state index in [9.17, 15) is 22.8 Å². The number of thiazole rings is 1. The molecule has 2 aromatic carbocycles. The minimum absolute atomic E-state index is 0.0883. The van der Waals surface area contributed by atoms with E-state index in [0.29, 0.717) is 6.61 Å². The number of carbonyl (C=O) groups excluding carboxylic acids is 1. The van der Waals surface area contributed by atoms with Crippen LogP contribution in [0.4, 0.5) is 18.3 Å². The fourth-order valence-corrected chi connectivity index (χ4v) is 3.69. The molecule has 3 rings (SSSR count). The van der Waals surface area contributed by atoms with Crippen LogP contribution in [0, 0.1) is 29.3 Å². The maximum absolute atomic E-state index is 14.9. The van der Waals surface area contributed by atoms with E-state index < -0.39 is 34.9 Å². The van der Waals surface area contributed by atoms with Gasteiger partial charge in [0, 0.05) is 34.3 Å². The smallest absolute Gasteiger partial charge is 0.331 e. The first-order valence-electron chi connectivity index (χ1n) is 10.7. The van der Waals surface area contributed by atoms with Crippen molar-refractivity contribution in [2.45, 2.75) is 20.3 Å². The average molecular weight is 515 g/mol. The zero-order valence-electron chi connectivity index (χ0n) is 19.3. The summed E-state index contributed by atoms with van der Waals surface area (Å²) in [5.74, 6) is 0.538. The number of amides is 1. The molecule has 0 unspecified atom stereocenters. The SMILES string of the molecule is CCCOCC#Cc1cccc(-c2csc(NC(=O)c3cc(F)c(/C=C(\C)C(=O)O)c(F)c3)n2)c1F. The maximum atomic E-state index is 14.9. The highest BCUT2D eigenvalue weighted by molar-refractivity contribution is 7.14. The lowest BCUT2D eigenvalue weighted by atomic mass is 10.1. The number of halogens is 3. The van der Waals surface area contributed by atoms with Gasteiger partial charge < -0.3 is 9.84 Å². The first-order chi connectivity index (χ1) is 17.2. The fourth-order valence-electron chi connectivity index (χ4n) is 2.98. The van der Waals surface area contributed by atoms with Crippen LogP contribution in [0.25, 0.3) is 17.3 Å². The molecule has 1 amide bonds. The molecular formula is C26H21F3N2O4S. The monoisotopic (exact) mass is 514 g/mol. The van der Waals surface area contributed by atoms with Gasteiger partial charge in [0.25, 0.3) is 5.91 Å². The largest absolute Gasteiger partial charge is 0.478 e. The molecule has 1 aromatic heterocycles. The molecule has 0 spiro atoms. The van der Waals surface area contributed by atoms with Crippen LogP contribution in [0.5, 0.6) is 0 Å². The maximum Gasteiger partial charge on any atom is 0.331 e. The van der Waals surface area contributed by atoms with Gasteiger partial charge in [-0.1, -0.05) is 24.8 Å². The Bertz CT molecular complexity index is 1370. The number of nitrogens with one attached hydrogen (secondary N) is 1. The number of nitrogens with zero attached hydrogens (tertiary/aromatic N) is 1. The summed E-state index contributed by atoms with van der Waals surface area (Å²) in [6.07, 6.45) is 1.69. The molecule has 2 N–H and O–H groups in total. The van der Waals surface area contributed by atoms with Gasteiger partial charge in [0.15, 0.2) is 5.13 Å². The second-order valence-corrected chi connectivity index (χ2v) is 8.36. The Kier molecular flexibility index (Phi) is 9.00. The van der Waals surface area contributed by atoms with E-state index in [4.69, 9.17) is 9.84 Å². The summed E-state index contributed by atoms with van der Waals surface area (Å²) in [4.78, 5) is 27.6. The topological polar surface area (TPSA) is 88.5 Å². The minimum Gasteiger partial charge on any atom is -0.478 e. The number of carboxylic acid groups (broad SMARTS) is 1. The predicted molar refractivity (Wildman–Crippen MR) is 131 cm³/mol. The van der Waals surface area contributed by atoms with E-state index in [2.05, 4.69) is 22.1 Å². The quantitative estimate of drug-likeness (QED) is 0.227. The summed E-state index contributed by atoms with van der Waals surface area (Å²) in [6.45, 7) is 3.91. The van der Waals surface area contributed by atoms with Crippen LogP contribution < -0.4 is 5.32 Å². The molecule has 0 aliphatic rings. The molecule has 0 radical (unpaired) electrons. The third kappa shape index (κ3) is 6.59. The summed E-state index contributed by atoms with van der Waals surface area (Å²) in [5, 5.41) is 12.9. The van der Waals surface area contributed by atoms with Crippen molar-refractivity contribution in [2.24, 2.45) is 0 Å². The van der Waals surface area contributed by atoms with Crippen LogP contribution >= 0.6 is 11.3 Å².